The Morgan fingerprint density at radius 2 is 2.46 bits per heavy atom. The lowest BCUT2D eigenvalue weighted by Crippen LogP contribution is -2.12. The molecule has 0 amide bonds. The number of ether oxygens (including phenoxy) is 1. The van der Waals surface area contributed by atoms with Crippen molar-refractivity contribution >= 4 is 22.4 Å². The number of nitrogens with zero attached hydrogens (tertiary/aromatic N) is 1. The molecule has 1 aromatic heterocycles. The first-order valence-corrected chi connectivity index (χ1v) is 4.79. The van der Waals surface area contributed by atoms with Crippen molar-refractivity contribution in [3.8, 4) is 0 Å². The summed E-state index contributed by atoms with van der Waals surface area (Å²) in [6.07, 6.45) is 1.78. The van der Waals surface area contributed by atoms with Gasteiger partial charge in [-0.2, -0.15) is 0 Å². The quantitative estimate of drug-likeness (QED) is 0.745. The fraction of sp³-hybridized carbons (Fsp3) is 0.500. The molecule has 0 unspecified atom stereocenters. The maximum atomic E-state index is 11.1. The molecule has 1 heterocycles. The van der Waals surface area contributed by atoms with Gasteiger partial charge in [-0.1, -0.05) is 0 Å². The van der Waals surface area contributed by atoms with Gasteiger partial charge in [0.15, 0.2) is 5.13 Å². The highest BCUT2D eigenvalue weighted by molar-refractivity contribution is 7.15. The average molecular weight is 200 g/mol. The molecule has 0 radical (unpaired) electrons. The molecule has 4 nitrogen and oxygen atoms in total. The zero-order valence-electron chi connectivity index (χ0n) is 7.61. The highest BCUT2D eigenvalue weighted by Gasteiger charge is 2.08. The van der Waals surface area contributed by atoms with E-state index in [1.54, 1.807) is 6.20 Å². The van der Waals surface area contributed by atoms with Crippen molar-refractivity contribution in [1.29, 1.82) is 0 Å². The van der Waals surface area contributed by atoms with Crippen molar-refractivity contribution < 1.29 is 9.53 Å². The van der Waals surface area contributed by atoms with E-state index in [1.165, 1.54) is 11.3 Å². The molecule has 0 aromatic carbocycles. The number of thiazole rings is 1. The number of aromatic nitrogens is 1. The Hall–Kier alpha value is -1.10. The molecule has 5 heteroatoms. The van der Waals surface area contributed by atoms with E-state index in [0.29, 0.717) is 5.13 Å². The zero-order valence-corrected chi connectivity index (χ0v) is 8.43. The number of rotatable bonds is 3. The largest absolute Gasteiger partial charge is 0.463 e. The van der Waals surface area contributed by atoms with Gasteiger partial charge in [-0.3, -0.25) is 4.79 Å². The molecule has 0 aliphatic rings. The Kier molecular flexibility index (Phi) is 3.25. The van der Waals surface area contributed by atoms with Crippen LogP contribution in [0.4, 0.5) is 5.13 Å². The first-order chi connectivity index (χ1) is 6.08. The van der Waals surface area contributed by atoms with E-state index in [2.05, 4.69) is 4.98 Å². The molecule has 0 bridgehead atoms. The van der Waals surface area contributed by atoms with Gasteiger partial charge in [0.2, 0.25) is 0 Å². The summed E-state index contributed by atoms with van der Waals surface area (Å²) in [5.74, 6) is -0.237. The molecule has 0 spiro atoms. The third-order valence-electron chi connectivity index (χ3n) is 1.26. The Morgan fingerprint density at radius 1 is 1.77 bits per heavy atom. The minimum absolute atomic E-state index is 0.0715. The summed E-state index contributed by atoms with van der Waals surface area (Å²) in [4.78, 5) is 15.8. The van der Waals surface area contributed by atoms with Gasteiger partial charge in [-0.15, -0.1) is 11.3 Å². The van der Waals surface area contributed by atoms with Crippen molar-refractivity contribution in [3.63, 3.8) is 0 Å². The third kappa shape index (κ3) is 3.42. The predicted octanol–water partition coefficient (Wildman–Crippen LogP) is 1.22. The smallest absolute Gasteiger partial charge is 0.311 e. The van der Waals surface area contributed by atoms with E-state index in [1.807, 2.05) is 13.8 Å². The van der Waals surface area contributed by atoms with Gasteiger partial charge >= 0.3 is 5.97 Å². The minimum atomic E-state index is -0.237. The molecule has 13 heavy (non-hydrogen) atoms. The number of nitrogens with two attached hydrogens (primary N) is 1. The Morgan fingerprint density at radius 3 is 2.92 bits per heavy atom. The molecule has 1 aromatic rings. The highest BCUT2D eigenvalue weighted by Crippen LogP contribution is 2.15. The number of esters is 1. The van der Waals surface area contributed by atoms with Crippen LogP contribution in [0.5, 0.6) is 0 Å². The second-order valence-electron chi connectivity index (χ2n) is 2.88. The maximum absolute atomic E-state index is 11.1. The maximum Gasteiger partial charge on any atom is 0.311 e. The van der Waals surface area contributed by atoms with E-state index in [-0.39, 0.29) is 18.5 Å². The minimum Gasteiger partial charge on any atom is -0.463 e. The number of anilines is 1. The molecule has 2 N–H and O–H groups in total. The summed E-state index contributed by atoms with van der Waals surface area (Å²) in [7, 11) is 0. The van der Waals surface area contributed by atoms with Crippen LogP contribution in [0.2, 0.25) is 0 Å². The fourth-order valence-electron chi connectivity index (χ4n) is 0.851. The predicted molar refractivity (Wildman–Crippen MR) is 51.5 cm³/mol. The zero-order chi connectivity index (χ0) is 9.84. The van der Waals surface area contributed by atoms with Gasteiger partial charge in [-0.05, 0) is 13.8 Å². The molecule has 0 saturated heterocycles. The van der Waals surface area contributed by atoms with Crippen molar-refractivity contribution in [2.75, 3.05) is 5.73 Å². The number of carbonyl (C=O) groups is 1. The van der Waals surface area contributed by atoms with E-state index < -0.39 is 0 Å². The monoisotopic (exact) mass is 200 g/mol. The van der Waals surface area contributed by atoms with Crippen molar-refractivity contribution in [2.45, 2.75) is 26.4 Å². The summed E-state index contributed by atoms with van der Waals surface area (Å²) in [6, 6.07) is 0. The molecule has 1 rings (SSSR count). The van der Waals surface area contributed by atoms with Crippen molar-refractivity contribution in [1.82, 2.24) is 4.98 Å². The number of hydrogen-bond acceptors (Lipinski definition) is 5. The van der Waals surface area contributed by atoms with E-state index in [9.17, 15) is 4.79 Å². The first-order valence-electron chi connectivity index (χ1n) is 3.97. The van der Waals surface area contributed by atoms with Crippen molar-refractivity contribution in [3.05, 3.63) is 11.1 Å². The number of hydrogen-bond donors (Lipinski definition) is 1. The number of nitrogen functional groups attached to an aromatic ring is 1. The van der Waals surface area contributed by atoms with Gasteiger partial charge in [0.1, 0.15) is 0 Å². The van der Waals surface area contributed by atoms with Crippen LogP contribution in [-0.4, -0.2) is 17.1 Å². The lowest BCUT2D eigenvalue weighted by molar-refractivity contribution is -0.146. The van der Waals surface area contributed by atoms with E-state index in [4.69, 9.17) is 10.5 Å². The normalized spacial score (nSPS) is 10.4. The molecule has 0 atom stereocenters. The fourth-order valence-corrected chi connectivity index (χ4v) is 1.52. The molecule has 0 aliphatic carbocycles. The first kappa shape index (κ1) is 9.98. The molecular formula is C8H12N2O2S. The van der Waals surface area contributed by atoms with Crippen molar-refractivity contribution in [2.24, 2.45) is 0 Å². The lowest BCUT2D eigenvalue weighted by Gasteiger charge is -2.05. The number of carbonyl (C=O) groups excluding carboxylic acids is 1. The third-order valence-corrected chi connectivity index (χ3v) is 2.08. The Balaban J connectivity index is 2.45. The van der Waals surface area contributed by atoms with E-state index >= 15 is 0 Å². The Labute approximate surface area is 80.7 Å². The van der Waals surface area contributed by atoms with Crippen LogP contribution in [0.1, 0.15) is 18.7 Å². The molecular weight excluding hydrogens is 188 g/mol. The second-order valence-corrected chi connectivity index (χ2v) is 4.03. The summed E-state index contributed by atoms with van der Waals surface area (Å²) in [6.45, 7) is 3.64. The lowest BCUT2D eigenvalue weighted by atomic mass is 10.4. The van der Waals surface area contributed by atoms with Crippen LogP contribution < -0.4 is 5.73 Å². The highest BCUT2D eigenvalue weighted by atomic mass is 32.1. The van der Waals surface area contributed by atoms with E-state index in [0.717, 1.165) is 4.88 Å². The standard InChI is InChI=1S/C8H12N2O2S/c1-5(2)12-7(11)3-6-4-10-8(9)13-6/h4-5H,3H2,1-2H3,(H2,9,10). The van der Waals surface area contributed by atoms with Gasteiger partial charge < -0.3 is 10.5 Å². The van der Waals surface area contributed by atoms with Crippen LogP contribution in [0.25, 0.3) is 0 Å². The molecule has 72 valence electrons. The van der Waals surface area contributed by atoms with Crippen LogP contribution in [0.15, 0.2) is 6.20 Å². The average Bonchev–Trinajstić information content (AvgIpc) is 2.33. The summed E-state index contributed by atoms with van der Waals surface area (Å²) in [5.41, 5.74) is 5.41. The SMILES string of the molecule is CC(C)OC(=O)Cc1cnc(N)s1. The van der Waals surface area contributed by atoms with Gasteiger partial charge in [-0.25, -0.2) is 4.98 Å². The van der Waals surface area contributed by atoms with Crippen LogP contribution in [-0.2, 0) is 16.0 Å². The summed E-state index contributed by atoms with van der Waals surface area (Å²) < 4.78 is 4.96. The second kappa shape index (κ2) is 4.23. The summed E-state index contributed by atoms with van der Waals surface area (Å²) >= 11 is 1.31. The van der Waals surface area contributed by atoms with Gasteiger partial charge in [0.25, 0.3) is 0 Å². The Bertz CT molecular complexity index is 296. The summed E-state index contributed by atoms with van der Waals surface area (Å²) in [5, 5.41) is 0.479. The van der Waals surface area contributed by atoms with Crippen LogP contribution in [0, 0.1) is 0 Å². The topological polar surface area (TPSA) is 65.2 Å². The molecule has 0 fully saturated rings. The van der Waals surface area contributed by atoms with Gasteiger partial charge in [0, 0.05) is 11.1 Å². The molecule has 0 saturated carbocycles. The van der Waals surface area contributed by atoms with Crippen LogP contribution >= 0.6 is 11.3 Å². The molecule has 0 aliphatic heterocycles. The van der Waals surface area contributed by atoms with Crippen LogP contribution in [0.3, 0.4) is 0 Å². The van der Waals surface area contributed by atoms with Gasteiger partial charge in [0.05, 0.1) is 12.5 Å².